The largest absolute Gasteiger partial charge is 0.325 e. The van der Waals surface area contributed by atoms with Gasteiger partial charge in [-0.1, -0.05) is 0 Å². The van der Waals surface area contributed by atoms with Crippen molar-refractivity contribution >= 4 is 6.03 Å². The lowest BCUT2D eigenvalue weighted by atomic mass is 9.98. The highest BCUT2D eigenvalue weighted by Crippen LogP contribution is 2.24. The van der Waals surface area contributed by atoms with Crippen molar-refractivity contribution in [2.75, 3.05) is 13.1 Å². The van der Waals surface area contributed by atoms with Gasteiger partial charge >= 0.3 is 6.03 Å². The monoisotopic (exact) mass is 224 g/mol. The zero-order valence-corrected chi connectivity index (χ0v) is 10.6. The van der Waals surface area contributed by atoms with Crippen LogP contribution in [0.1, 0.15) is 52.4 Å². The smallest absolute Gasteiger partial charge is 0.320 e. The third-order valence-electron chi connectivity index (χ3n) is 4.04. The second-order valence-electron chi connectivity index (χ2n) is 5.37. The van der Waals surface area contributed by atoms with Crippen molar-refractivity contribution in [1.29, 1.82) is 0 Å². The molecule has 0 N–H and O–H groups in total. The number of urea groups is 1. The Morgan fingerprint density at radius 3 is 2.06 bits per heavy atom. The summed E-state index contributed by atoms with van der Waals surface area (Å²) in [6, 6.07) is 1.15. The fourth-order valence-electron chi connectivity index (χ4n) is 3.05. The minimum atomic E-state index is 0.291. The van der Waals surface area contributed by atoms with Crippen LogP contribution in [0.3, 0.4) is 0 Å². The van der Waals surface area contributed by atoms with Crippen molar-refractivity contribution in [1.82, 2.24) is 9.80 Å². The average Bonchev–Trinajstić information content (AvgIpc) is 2.30. The zero-order chi connectivity index (χ0) is 11.5. The number of amides is 2. The number of hydrogen-bond acceptors (Lipinski definition) is 1. The van der Waals surface area contributed by atoms with Crippen molar-refractivity contribution in [3.05, 3.63) is 0 Å². The van der Waals surface area contributed by atoms with E-state index in [-0.39, 0.29) is 0 Å². The van der Waals surface area contributed by atoms with E-state index in [1.807, 2.05) is 0 Å². The first-order valence-electron chi connectivity index (χ1n) is 6.77. The van der Waals surface area contributed by atoms with Gasteiger partial charge in [0.2, 0.25) is 0 Å². The van der Waals surface area contributed by atoms with Crippen molar-refractivity contribution in [2.24, 2.45) is 0 Å². The van der Waals surface area contributed by atoms with Crippen LogP contribution in [0.5, 0.6) is 0 Å². The molecule has 3 heteroatoms. The number of hydrogen-bond donors (Lipinski definition) is 0. The first-order valence-corrected chi connectivity index (χ1v) is 6.77. The molecule has 2 aliphatic rings. The highest BCUT2D eigenvalue weighted by atomic mass is 16.2. The Balaban J connectivity index is 2.00. The molecule has 0 saturated carbocycles. The minimum absolute atomic E-state index is 0.291. The van der Waals surface area contributed by atoms with E-state index in [1.165, 1.54) is 38.5 Å². The Morgan fingerprint density at radius 1 is 0.938 bits per heavy atom. The summed E-state index contributed by atoms with van der Waals surface area (Å²) in [5.74, 6) is 0. The Bertz CT molecular complexity index is 238. The zero-order valence-electron chi connectivity index (χ0n) is 10.6. The molecule has 2 unspecified atom stereocenters. The molecule has 2 aliphatic heterocycles. The molecule has 2 fully saturated rings. The second-order valence-corrected chi connectivity index (χ2v) is 5.37. The predicted octanol–water partition coefficient (Wildman–Crippen LogP) is 2.86. The maximum atomic E-state index is 12.4. The number of carbonyl (C=O) groups is 1. The van der Waals surface area contributed by atoms with Gasteiger partial charge in [-0.2, -0.15) is 0 Å². The highest BCUT2D eigenvalue weighted by molar-refractivity contribution is 5.75. The third-order valence-corrected chi connectivity index (χ3v) is 4.04. The molecule has 0 radical (unpaired) electrons. The van der Waals surface area contributed by atoms with Gasteiger partial charge in [-0.15, -0.1) is 0 Å². The van der Waals surface area contributed by atoms with Crippen LogP contribution in [0.15, 0.2) is 0 Å². The Morgan fingerprint density at radius 2 is 1.50 bits per heavy atom. The number of likely N-dealkylation sites (tertiary alicyclic amines) is 2. The van der Waals surface area contributed by atoms with Crippen LogP contribution in [0, 0.1) is 0 Å². The van der Waals surface area contributed by atoms with Crippen LogP contribution < -0.4 is 0 Å². The van der Waals surface area contributed by atoms with E-state index in [0.717, 1.165) is 13.1 Å². The van der Waals surface area contributed by atoms with Gasteiger partial charge in [0.25, 0.3) is 0 Å². The molecule has 0 aromatic rings. The summed E-state index contributed by atoms with van der Waals surface area (Å²) in [6.07, 6.45) is 7.26. The third kappa shape index (κ3) is 2.33. The molecule has 92 valence electrons. The molecule has 2 atom stereocenters. The fraction of sp³-hybridized carbons (Fsp3) is 0.923. The van der Waals surface area contributed by atoms with Gasteiger partial charge in [-0.05, 0) is 52.4 Å². The van der Waals surface area contributed by atoms with Crippen LogP contribution in [-0.2, 0) is 0 Å². The Hall–Kier alpha value is -0.730. The standard InChI is InChI=1S/C13H24N2O/c1-11-7-6-8-12(2)15(11)13(16)14-9-4-3-5-10-14/h11-12H,3-10H2,1-2H3. The SMILES string of the molecule is CC1CCCC(C)N1C(=O)N1CCCCC1. The van der Waals surface area contributed by atoms with Gasteiger partial charge in [0.1, 0.15) is 0 Å². The molecule has 2 heterocycles. The maximum Gasteiger partial charge on any atom is 0.320 e. The lowest BCUT2D eigenvalue weighted by molar-refractivity contribution is 0.0871. The molecule has 3 nitrogen and oxygen atoms in total. The van der Waals surface area contributed by atoms with Crippen LogP contribution in [-0.4, -0.2) is 41.0 Å². The average molecular weight is 224 g/mol. The molecule has 2 amide bonds. The van der Waals surface area contributed by atoms with E-state index in [1.54, 1.807) is 0 Å². The minimum Gasteiger partial charge on any atom is -0.325 e. The molecular weight excluding hydrogens is 200 g/mol. The van der Waals surface area contributed by atoms with E-state index < -0.39 is 0 Å². The van der Waals surface area contributed by atoms with E-state index >= 15 is 0 Å². The molecule has 0 aliphatic carbocycles. The Kier molecular flexibility index (Phi) is 3.72. The number of carbonyl (C=O) groups excluding carboxylic acids is 1. The first kappa shape index (κ1) is 11.7. The lowest BCUT2D eigenvalue weighted by Crippen LogP contribution is -2.54. The molecule has 0 spiro atoms. The molecule has 0 aromatic heterocycles. The van der Waals surface area contributed by atoms with Crippen LogP contribution in [0.4, 0.5) is 4.79 Å². The summed E-state index contributed by atoms with van der Waals surface area (Å²) in [4.78, 5) is 16.6. The molecule has 2 rings (SSSR count). The van der Waals surface area contributed by atoms with Crippen molar-refractivity contribution in [3.8, 4) is 0 Å². The highest BCUT2D eigenvalue weighted by Gasteiger charge is 2.32. The van der Waals surface area contributed by atoms with Gasteiger partial charge in [0, 0.05) is 25.2 Å². The Labute approximate surface area is 98.8 Å². The molecule has 2 saturated heterocycles. The normalized spacial score (nSPS) is 31.6. The van der Waals surface area contributed by atoms with Gasteiger partial charge in [-0.3, -0.25) is 0 Å². The first-order chi connectivity index (χ1) is 7.70. The van der Waals surface area contributed by atoms with Crippen LogP contribution >= 0.6 is 0 Å². The quantitative estimate of drug-likeness (QED) is 0.620. The second kappa shape index (κ2) is 5.07. The van der Waals surface area contributed by atoms with Gasteiger partial charge < -0.3 is 9.80 Å². The molecule has 0 aromatic carbocycles. The van der Waals surface area contributed by atoms with Crippen molar-refractivity contribution in [3.63, 3.8) is 0 Å². The van der Waals surface area contributed by atoms with Gasteiger partial charge in [-0.25, -0.2) is 4.79 Å². The number of rotatable bonds is 0. The van der Waals surface area contributed by atoms with E-state index in [0.29, 0.717) is 18.1 Å². The molecule has 0 bridgehead atoms. The summed E-state index contributed by atoms with van der Waals surface area (Å²) in [6.45, 7) is 6.32. The van der Waals surface area contributed by atoms with Crippen LogP contribution in [0.25, 0.3) is 0 Å². The van der Waals surface area contributed by atoms with Gasteiger partial charge in [0.05, 0.1) is 0 Å². The summed E-state index contributed by atoms with van der Waals surface area (Å²) in [5.41, 5.74) is 0. The summed E-state index contributed by atoms with van der Waals surface area (Å²) >= 11 is 0. The summed E-state index contributed by atoms with van der Waals surface area (Å²) in [5, 5.41) is 0. The van der Waals surface area contributed by atoms with E-state index in [2.05, 4.69) is 23.6 Å². The van der Waals surface area contributed by atoms with Crippen molar-refractivity contribution in [2.45, 2.75) is 64.5 Å². The molecular formula is C13H24N2O. The summed E-state index contributed by atoms with van der Waals surface area (Å²) in [7, 11) is 0. The van der Waals surface area contributed by atoms with Crippen LogP contribution in [0.2, 0.25) is 0 Å². The number of piperidine rings is 2. The van der Waals surface area contributed by atoms with Gasteiger partial charge in [0.15, 0.2) is 0 Å². The van der Waals surface area contributed by atoms with E-state index in [4.69, 9.17) is 0 Å². The predicted molar refractivity (Wildman–Crippen MR) is 65.4 cm³/mol. The summed E-state index contributed by atoms with van der Waals surface area (Å²) < 4.78 is 0. The van der Waals surface area contributed by atoms with Crippen molar-refractivity contribution < 1.29 is 4.79 Å². The number of nitrogens with zero attached hydrogens (tertiary/aromatic N) is 2. The fourth-order valence-corrected chi connectivity index (χ4v) is 3.05. The maximum absolute atomic E-state index is 12.4. The van der Waals surface area contributed by atoms with E-state index in [9.17, 15) is 4.79 Å². The molecule has 16 heavy (non-hydrogen) atoms. The topological polar surface area (TPSA) is 23.6 Å². The lowest BCUT2D eigenvalue weighted by Gasteiger charge is -2.42.